The van der Waals surface area contributed by atoms with E-state index in [4.69, 9.17) is 9.26 Å². The summed E-state index contributed by atoms with van der Waals surface area (Å²) in [5.74, 6) is 0.120. The molecule has 0 saturated carbocycles. The normalized spacial score (nSPS) is 10.5. The lowest BCUT2D eigenvalue weighted by atomic mass is 10.3. The highest BCUT2D eigenvalue weighted by molar-refractivity contribution is 7.13. The molecule has 3 aromatic rings. The van der Waals surface area contributed by atoms with Gasteiger partial charge >= 0.3 is 5.97 Å². The molecule has 6 nitrogen and oxygen atoms in total. The SMILES string of the molecule is Cc1cnc(C(=O)OCc2cc(-c3cccs3)on2)cn1. The molecule has 0 spiro atoms. The number of ether oxygens (including phenoxy) is 1. The maximum absolute atomic E-state index is 11.8. The molecule has 0 aliphatic rings. The smallest absolute Gasteiger partial charge is 0.358 e. The van der Waals surface area contributed by atoms with Gasteiger partial charge in [-0.2, -0.15) is 0 Å². The van der Waals surface area contributed by atoms with Gasteiger partial charge in [0.1, 0.15) is 12.3 Å². The van der Waals surface area contributed by atoms with Crippen molar-refractivity contribution < 1.29 is 14.1 Å². The zero-order valence-electron chi connectivity index (χ0n) is 11.1. The molecular formula is C14H11N3O3S. The highest BCUT2D eigenvalue weighted by Crippen LogP contribution is 2.25. The van der Waals surface area contributed by atoms with Crippen molar-refractivity contribution in [2.75, 3.05) is 0 Å². The molecule has 106 valence electrons. The average molecular weight is 301 g/mol. The van der Waals surface area contributed by atoms with E-state index in [1.807, 2.05) is 17.5 Å². The Kier molecular flexibility index (Phi) is 3.74. The summed E-state index contributed by atoms with van der Waals surface area (Å²) in [5, 5.41) is 5.82. The Morgan fingerprint density at radius 1 is 1.38 bits per heavy atom. The van der Waals surface area contributed by atoms with Gasteiger partial charge in [0.05, 0.1) is 16.8 Å². The van der Waals surface area contributed by atoms with Crippen LogP contribution >= 0.6 is 11.3 Å². The summed E-state index contributed by atoms with van der Waals surface area (Å²) >= 11 is 1.55. The Morgan fingerprint density at radius 3 is 3.00 bits per heavy atom. The second-order valence-electron chi connectivity index (χ2n) is 4.28. The summed E-state index contributed by atoms with van der Waals surface area (Å²) < 4.78 is 10.3. The zero-order valence-corrected chi connectivity index (χ0v) is 12.0. The lowest BCUT2D eigenvalue weighted by Gasteiger charge is -2.01. The number of carbonyl (C=O) groups is 1. The molecule has 0 saturated heterocycles. The van der Waals surface area contributed by atoms with E-state index in [1.165, 1.54) is 12.4 Å². The molecule has 0 aliphatic carbocycles. The van der Waals surface area contributed by atoms with E-state index < -0.39 is 5.97 Å². The van der Waals surface area contributed by atoms with Gasteiger partial charge in [0.25, 0.3) is 0 Å². The highest BCUT2D eigenvalue weighted by Gasteiger charge is 2.12. The fourth-order valence-corrected chi connectivity index (χ4v) is 2.30. The van der Waals surface area contributed by atoms with E-state index in [-0.39, 0.29) is 12.3 Å². The third-order valence-electron chi connectivity index (χ3n) is 2.66. The first-order chi connectivity index (χ1) is 10.2. The van der Waals surface area contributed by atoms with Crippen molar-refractivity contribution in [3.63, 3.8) is 0 Å². The summed E-state index contributed by atoms with van der Waals surface area (Å²) in [6, 6.07) is 5.61. The molecule has 3 rings (SSSR count). The Hall–Kier alpha value is -2.54. The van der Waals surface area contributed by atoms with E-state index >= 15 is 0 Å². The summed E-state index contributed by atoms with van der Waals surface area (Å²) in [6.45, 7) is 1.83. The molecule has 3 heterocycles. The third-order valence-corrected chi connectivity index (χ3v) is 3.55. The van der Waals surface area contributed by atoms with Crippen LogP contribution in [0.2, 0.25) is 0 Å². The molecule has 0 unspecified atom stereocenters. The minimum absolute atomic E-state index is 0.0310. The number of hydrogen-bond donors (Lipinski definition) is 0. The molecule has 0 amide bonds. The fraction of sp³-hybridized carbons (Fsp3) is 0.143. The number of aryl methyl sites for hydroxylation is 1. The van der Waals surface area contributed by atoms with E-state index in [0.29, 0.717) is 11.5 Å². The van der Waals surface area contributed by atoms with Gasteiger partial charge in [-0.1, -0.05) is 11.2 Å². The number of thiophene rings is 1. The van der Waals surface area contributed by atoms with Gasteiger partial charge in [0, 0.05) is 12.3 Å². The van der Waals surface area contributed by atoms with Gasteiger partial charge in [0.2, 0.25) is 0 Å². The van der Waals surface area contributed by atoms with Gasteiger partial charge in [0.15, 0.2) is 11.5 Å². The van der Waals surface area contributed by atoms with Crippen LogP contribution in [0.4, 0.5) is 0 Å². The molecule has 21 heavy (non-hydrogen) atoms. The number of esters is 1. The van der Waals surface area contributed by atoms with Crippen molar-refractivity contribution in [3.05, 3.63) is 53.1 Å². The molecule has 0 radical (unpaired) electrons. The second-order valence-corrected chi connectivity index (χ2v) is 5.23. The van der Waals surface area contributed by atoms with Crippen LogP contribution in [-0.2, 0) is 11.3 Å². The van der Waals surface area contributed by atoms with Gasteiger partial charge in [-0.15, -0.1) is 11.3 Å². The Bertz CT molecular complexity index is 735. The monoisotopic (exact) mass is 301 g/mol. The average Bonchev–Trinajstić information content (AvgIpc) is 3.16. The molecule has 0 aliphatic heterocycles. The summed E-state index contributed by atoms with van der Waals surface area (Å²) in [5.41, 5.74) is 1.46. The predicted octanol–water partition coefficient (Wildman–Crippen LogP) is 2.86. The van der Waals surface area contributed by atoms with E-state index in [1.54, 1.807) is 24.3 Å². The molecule has 3 aromatic heterocycles. The lowest BCUT2D eigenvalue weighted by molar-refractivity contribution is 0.0456. The first-order valence-corrected chi connectivity index (χ1v) is 7.05. The first kappa shape index (κ1) is 13.4. The van der Waals surface area contributed by atoms with E-state index in [2.05, 4.69) is 15.1 Å². The highest BCUT2D eigenvalue weighted by atomic mass is 32.1. The van der Waals surface area contributed by atoms with Crippen LogP contribution < -0.4 is 0 Å². The van der Waals surface area contributed by atoms with Crippen LogP contribution in [0.1, 0.15) is 21.9 Å². The number of carbonyl (C=O) groups excluding carboxylic acids is 1. The van der Waals surface area contributed by atoms with Crippen molar-refractivity contribution in [3.8, 4) is 10.6 Å². The van der Waals surface area contributed by atoms with E-state index in [9.17, 15) is 4.79 Å². The maximum Gasteiger partial charge on any atom is 0.358 e. The quantitative estimate of drug-likeness (QED) is 0.689. The van der Waals surface area contributed by atoms with Gasteiger partial charge in [-0.25, -0.2) is 9.78 Å². The van der Waals surface area contributed by atoms with Crippen LogP contribution in [0.5, 0.6) is 0 Å². The van der Waals surface area contributed by atoms with Crippen LogP contribution in [0.15, 0.2) is 40.5 Å². The van der Waals surface area contributed by atoms with Gasteiger partial charge in [-0.3, -0.25) is 4.98 Å². The largest absolute Gasteiger partial charge is 0.454 e. The standard InChI is InChI=1S/C14H11N3O3S/c1-9-6-16-11(7-15-9)14(18)19-8-10-5-12(20-17-10)13-3-2-4-21-13/h2-7H,8H2,1H3. The zero-order chi connectivity index (χ0) is 14.7. The van der Waals surface area contributed by atoms with Crippen molar-refractivity contribution >= 4 is 17.3 Å². The van der Waals surface area contributed by atoms with Crippen LogP contribution in [0.25, 0.3) is 10.6 Å². The number of rotatable bonds is 4. The number of nitrogens with zero attached hydrogens (tertiary/aromatic N) is 3. The van der Waals surface area contributed by atoms with Crippen molar-refractivity contribution in [1.82, 2.24) is 15.1 Å². The minimum Gasteiger partial charge on any atom is -0.454 e. The van der Waals surface area contributed by atoms with Crippen molar-refractivity contribution in [1.29, 1.82) is 0 Å². The van der Waals surface area contributed by atoms with Crippen LogP contribution in [0.3, 0.4) is 0 Å². The van der Waals surface area contributed by atoms with Crippen molar-refractivity contribution in [2.45, 2.75) is 13.5 Å². The Labute approximate surface area is 124 Å². The summed E-state index contributed by atoms with van der Waals surface area (Å²) in [7, 11) is 0. The lowest BCUT2D eigenvalue weighted by Crippen LogP contribution is -2.08. The molecular weight excluding hydrogens is 290 g/mol. The minimum atomic E-state index is -0.539. The van der Waals surface area contributed by atoms with E-state index in [0.717, 1.165) is 10.6 Å². The number of hydrogen-bond acceptors (Lipinski definition) is 7. The maximum atomic E-state index is 11.8. The van der Waals surface area contributed by atoms with Gasteiger partial charge in [-0.05, 0) is 18.4 Å². The summed E-state index contributed by atoms with van der Waals surface area (Å²) in [4.78, 5) is 20.7. The Balaban J connectivity index is 1.62. The Morgan fingerprint density at radius 2 is 2.29 bits per heavy atom. The van der Waals surface area contributed by atoms with Crippen molar-refractivity contribution in [2.24, 2.45) is 0 Å². The third kappa shape index (κ3) is 3.14. The predicted molar refractivity (Wildman–Crippen MR) is 75.7 cm³/mol. The van der Waals surface area contributed by atoms with Crippen LogP contribution in [-0.4, -0.2) is 21.1 Å². The van der Waals surface area contributed by atoms with Crippen LogP contribution in [0, 0.1) is 6.92 Å². The first-order valence-electron chi connectivity index (χ1n) is 6.17. The molecule has 0 atom stereocenters. The number of aromatic nitrogens is 3. The molecule has 0 N–H and O–H groups in total. The summed E-state index contributed by atoms with van der Waals surface area (Å²) in [6.07, 6.45) is 2.90. The molecule has 0 aromatic carbocycles. The topological polar surface area (TPSA) is 78.1 Å². The molecule has 0 fully saturated rings. The molecule has 7 heteroatoms. The van der Waals surface area contributed by atoms with Gasteiger partial charge < -0.3 is 9.26 Å². The fourth-order valence-electron chi connectivity index (χ4n) is 1.63. The second kappa shape index (κ2) is 5.84. The molecule has 0 bridgehead atoms.